The maximum absolute atomic E-state index is 13.4. The van der Waals surface area contributed by atoms with E-state index in [1.165, 1.54) is 6.92 Å². The van der Waals surface area contributed by atoms with E-state index in [0.717, 1.165) is 41.5 Å². The van der Waals surface area contributed by atoms with E-state index < -0.39 is 457 Å². The minimum atomic E-state index is -3.35. The molecule has 6 amide bonds. The van der Waals surface area contributed by atoms with Crippen LogP contribution >= 0.6 is 0 Å². The molecule has 836 valence electrons. The van der Waals surface area contributed by atoms with Gasteiger partial charge in [-0.05, 0) is 6.92 Å². The summed E-state index contributed by atoms with van der Waals surface area (Å²) in [7, 11) is 0. The standard InChI is InChI=1S/C81H134N6O58/c1-19-43(104)55(116)58(119)75(127-19)125-18-36-64(51(112)38(70(122)128-36)83-21(3)97)138-72-40(85-23(5)99)53(114)62(33(15-94)133-72)139-76-59(120)66(49(110)35(136-76)17-126-78-68(56(117)46(107)29(11-90)131-78)142-73-41(86-24(6)100)52(113)61(32(14-93)134-73)137-71-39(84-22(4)98)50(111)45(106)28(10-89)129-71)141-79-69(57(118)47(108)30(12-91)132-79)143-74-42(87-25(7)101)54(115)63(34(16-95)135-74)140-77-60(121)67(48(109)31(13-92)130-77)145-81(80(123)124)8-26(102)37(82-20(2)96)65(144-81)44(105)27(103)9-88/h19,26-79,88-95,102-122H,8-18H2,1-7H3,(H,82,96)(H,83,97)(H,84,98)(H,85,99)(H,86,100)(H,87,101)(H,123,124)/t19-,26+,27-,28-,29-,30-,31-,32-,33-,34-,35-,36-,37-,38-,39-,40-,41-,42+,43+,44-,45+,46-,47-,48+,49-,50-,51-,52-,53-,54-,55+,56+,57+,58-,59+,60-,61-,62-,63-,64-,65-,66+,67+,68+,69+,70-,71+,72+,73+,74+,75+,76+,77+,78+,79-,81+/m1/s1. The van der Waals surface area contributed by atoms with Crippen molar-refractivity contribution in [3.8, 4) is 0 Å². The number of hydrogen-bond donors (Lipinski definition) is 36. The summed E-state index contributed by atoms with van der Waals surface area (Å²) in [6.07, 6.45) is -109. The molecule has 0 bridgehead atoms. The molecule has 0 aromatic rings. The van der Waals surface area contributed by atoms with Gasteiger partial charge in [0.25, 0.3) is 5.79 Å². The van der Waals surface area contributed by atoms with Crippen LogP contribution in [0.25, 0.3) is 0 Å². The number of carboxylic acids is 1. The molecule has 56 atom stereocenters. The molecule has 0 unspecified atom stereocenters. The smallest absolute Gasteiger partial charge is 0.364 e. The van der Waals surface area contributed by atoms with Gasteiger partial charge < -0.3 is 285 Å². The van der Waals surface area contributed by atoms with Crippen LogP contribution in [-0.2, 0) is 133 Å². The number of ether oxygens (including phenoxy) is 21. The van der Waals surface area contributed by atoms with Crippen molar-refractivity contribution in [3.63, 3.8) is 0 Å². The van der Waals surface area contributed by atoms with E-state index in [1.54, 1.807) is 0 Å². The maximum atomic E-state index is 13.4. The SMILES string of the molecule is CC(=O)N[C@@H]1[C@H](O[C@@H]2[C@@H](O[C@@H]3[C@H](O)[C@H](O[C@H]4[C@H](O)[C@@H](NC(C)=O)[C@H](O[C@H]5[C@H](O)[C@@H](NC(C)=O)[C@H](O)O[C@@H]5CO[C@H]5O[C@H](C)[C@H](O)[C@H](O)[C@H]5O)O[C@@H]4CO)O[C@H](CO[C@H]4O[C@H](CO)[C@@H](O)[C@H](O)[C@@H]4O[C@@H]4O[C@H](CO)[C@@H](O[C@@H]5O[C@H](CO)[C@H](O)[C@H](O)[C@H]5NC(C)=O)[C@H](O)[C@H]4NC(C)=O)[C@H]3O)O[C@H](CO)[C@@H](O)[C@@H]2O)O[C@H](CO)[C@@H](O[C@@H]2O[C@H](CO)[C@H](O)[C@H](O[C@]3(C(=O)O)C[C@H](O)[C@@H](NC(C)=O)[C@H]([C@H](O)[C@H](O)CO)O3)[C@H]2O)[C@@H]1O. The summed E-state index contributed by atoms with van der Waals surface area (Å²) in [5.41, 5.74) is 0. The highest BCUT2D eigenvalue weighted by atomic mass is 16.8. The molecular weight excluding hydrogens is 1980 g/mol. The van der Waals surface area contributed by atoms with Gasteiger partial charge in [0.1, 0.15) is 256 Å². The van der Waals surface area contributed by atoms with Gasteiger partial charge in [-0.15, -0.1) is 0 Å². The third-order valence-electron chi connectivity index (χ3n) is 26.3. The normalized spacial score (nSPS) is 47.2. The molecule has 0 aliphatic carbocycles. The average Bonchev–Trinajstić information content (AvgIpc) is 0.758. The van der Waals surface area contributed by atoms with Gasteiger partial charge in [-0.3, -0.25) is 28.8 Å². The number of aliphatic carboxylic acids is 1. The third-order valence-corrected chi connectivity index (χ3v) is 26.3. The van der Waals surface area contributed by atoms with E-state index in [2.05, 4.69) is 31.9 Å². The van der Waals surface area contributed by atoms with Crippen LogP contribution < -0.4 is 31.9 Å². The second-order valence-corrected chi connectivity index (χ2v) is 36.7. The predicted molar refractivity (Wildman–Crippen MR) is 448 cm³/mol. The molecule has 11 aliphatic heterocycles. The number of hydrogen-bond acceptors (Lipinski definition) is 57. The topological polar surface area (TPSA) is 992 Å². The average molecular weight is 2120 g/mol. The molecular formula is C81H134N6O58. The van der Waals surface area contributed by atoms with Crippen molar-refractivity contribution in [1.82, 2.24) is 31.9 Å². The van der Waals surface area contributed by atoms with Gasteiger partial charge in [0, 0.05) is 48.0 Å². The quantitative estimate of drug-likeness (QED) is 0.0272. The highest BCUT2D eigenvalue weighted by Gasteiger charge is 2.65. The molecule has 0 saturated carbocycles. The van der Waals surface area contributed by atoms with Crippen LogP contribution in [-0.4, -0.2) is 604 Å². The molecule has 145 heavy (non-hydrogen) atoms. The summed E-state index contributed by atoms with van der Waals surface area (Å²) in [4.78, 5) is 90.6. The van der Waals surface area contributed by atoms with Gasteiger partial charge in [-0.1, -0.05) is 0 Å². The van der Waals surface area contributed by atoms with Crippen LogP contribution in [0, 0.1) is 0 Å². The number of carbonyl (C=O) groups excluding carboxylic acids is 6. The van der Waals surface area contributed by atoms with E-state index in [0.29, 0.717) is 0 Å². The Balaban J connectivity index is 0.925. The van der Waals surface area contributed by atoms with Gasteiger partial charge in [0.2, 0.25) is 35.4 Å². The number of aliphatic hydroxyl groups excluding tert-OH is 29. The van der Waals surface area contributed by atoms with Gasteiger partial charge in [0.15, 0.2) is 62.9 Å². The Bertz CT molecular complexity index is 4150. The number of carboxylic acid groups (broad SMARTS) is 1. The lowest BCUT2D eigenvalue weighted by molar-refractivity contribution is -0.401. The highest BCUT2D eigenvalue weighted by Crippen LogP contribution is 2.44. The number of aliphatic hydroxyl groups is 29. The summed E-state index contributed by atoms with van der Waals surface area (Å²) in [6.45, 7) is -5.18. The molecule has 0 aromatic heterocycles. The fourth-order valence-corrected chi connectivity index (χ4v) is 18.8. The van der Waals surface area contributed by atoms with Crippen molar-refractivity contribution in [2.45, 2.75) is 398 Å². The van der Waals surface area contributed by atoms with Gasteiger partial charge >= 0.3 is 5.97 Å². The van der Waals surface area contributed by atoms with Crippen molar-refractivity contribution < 1.29 is 286 Å². The second kappa shape index (κ2) is 51.8. The first-order valence-electron chi connectivity index (χ1n) is 46.1. The van der Waals surface area contributed by atoms with Crippen LogP contribution in [0.2, 0.25) is 0 Å². The summed E-state index contributed by atoms with van der Waals surface area (Å²) >= 11 is 0. The van der Waals surface area contributed by atoms with Crippen molar-refractivity contribution >= 4 is 41.4 Å². The zero-order valence-corrected chi connectivity index (χ0v) is 78.4. The van der Waals surface area contributed by atoms with Crippen LogP contribution in [0.1, 0.15) is 54.9 Å². The zero-order valence-electron chi connectivity index (χ0n) is 78.4. The summed E-state index contributed by atoms with van der Waals surface area (Å²) in [5.74, 6) is -11.3. The minimum absolute atomic E-state index is 0.834. The van der Waals surface area contributed by atoms with E-state index in [1.807, 2.05) is 0 Å². The van der Waals surface area contributed by atoms with E-state index in [-0.39, 0.29) is 0 Å². The first-order valence-corrected chi connectivity index (χ1v) is 46.1. The van der Waals surface area contributed by atoms with Crippen LogP contribution in [0.4, 0.5) is 0 Å². The zero-order chi connectivity index (χ0) is 107. The third kappa shape index (κ3) is 26.9. The van der Waals surface area contributed by atoms with Crippen molar-refractivity contribution in [1.29, 1.82) is 0 Å². The van der Waals surface area contributed by atoms with Crippen molar-refractivity contribution in [2.75, 3.05) is 66.1 Å². The second-order valence-electron chi connectivity index (χ2n) is 36.7. The number of nitrogens with one attached hydrogen (secondary N) is 6. The largest absolute Gasteiger partial charge is 0.477 e. The molecule has 11 fully saturated rings. The molecule has 36 N–H and O–H groups in total. The monoisotopic (exact) mass is 2120 g/mol. The lowest BCUT2D eigenvalue weighted by atomic mass is 9.88. The fourth-order valence-electron chi connectivity index (χ4n) is 18.8. The van der Waals surface area contributed by atoms with E-state index >= 15 is 0 Å². The Morgan fingerprint density at radius 3 is 1.04 bits per heavy atom. The molecule has 0 spiro atoms. The van der Waals surface area contributed by atoms with Crippen LogP contribution in [0.3, 0.4) is 0 Å². The molecule has 11 rings (SSSR count). The molecule has 11 saturated heterocycles. The van der Waals surface area contributed by atoms with Crippen LogP contribution in [0.15, 0.2) is 0 Å². The van der Waals surface area contributed by atoms with E-state index in [9.17, 15) is 187 Å². The fraction of sp³-hybridized carbons (Fsp3) is 0.914. The number of carbonyl (C=O) groups is 7. The molecule has 11 aliphatic rings. The van der Waals surface area contributed by atoms with Crippen molar-refractivity contribution in [3.05, 3.63) is 0 Å². The first kappa shape index (κ1) is 120. The molecule has 0 aromatic carbocycles. The van der Waals surface area contributed by atoms with Crippen molar-refractivity contribution in [2.24, 2.45) is 0 Å². The minimum Gasteiger partial charge on any atom is -0.477 e. The van der Waals surface area contributed by atoms with Gasteiger partial charge in [0.05, 0.1) is 84.3 Å². The predicted octanol–water partition coefficient (Wildman–Crippen LogP) is -23.9. The summed E-state index contributed by atoms with van der Waals surface area (Å²) in [6, 6.07) is -11.6. The number of rotatable bonds is 39. The number of amides is 6. The lowest BCUT2D eigenvalue weighted by Crippen LogP contribution is -2.71. The Hall–Kier alpha value is -5.71. The first-order chi connectivity index (χ1) is 68.4. The Kier molecular flexibility index (Phi) is 42.7. The van der Waals surface area contributed by atoms with Gasteiger partial charge in [-0.25, -0.2) is 4.79 Å². The Morgan fingerprint density at radius 2 is 0.614 bits per heavy atom. The molecule has 64 heteroatoms. The Labute approximate surface area is 821 Å². The summed E-state index contributed by atoms with van der Waals surface area (Å²) < 4.78 is 126. The molecule has 11 heterocycles. The van der Waals surface area contributed by atoms with Gasteiger partial charge in [-0.2, -0.15) is 0 Å². The molecule has 0 radical (unpaired) electrons. The maximum Gasteiger partial charge on any atom is 0.364 e. The lowest BCUT2D eigenvalue weighted by Gasteiger charge is -2.51. The molecule has 64 nitrogen and oxygen atoms in total. The Morgan fingerprint density at radius 1 is 0.297 bits per heavy atom. The summed E-state index contributed by atoms with van der Waals surface area (Å²) in [5, 5.41) is 354. The highest BCUT2D eigenvalue weighted by molar-refractivity contribution is 5.77. The van der Waals surface area contributed by atoms with Crippen LogP contribution in [0.5, 0.6) is 0 Å². The van der Waals surface area contributed by atoms with E-state index in [4.69, 9.17) is 99.5 Å².